The molecule has 0 bridgehead atoms. The first-order valence-corrected chi connectivity index (χ1v) is 7.95. The van der Waals surface area contributed by atoms with Gasteiger partial charge in [-0.15, -0.1) is 0 Å². The summed E-state index contributed by atoms with van der Waals surface area (Å²) >= 11 is 0. The van der Waals surface area contributed by atoms with Gasteiger partial charge in [0.15, 0.2) is 0 Å². The van der Waals surface area contributed by atoms with Crippen molar-refractivity contribution in [3.8, 4) is 0 Å². The van der Waals surface area contributed by atoms with Crippen LogP contribution in [0.3, 0.4) is 0 Å². The molecule has 1 aromatic carbocycles. The van der Waals surface area contributed by atoms with Crippen molar-refractivity contribution in [1.29, 1.82) is 0 Å². The van der Waals surface area contributed by atoms with E-state index in [1.807, 2.05) is 12.1 Å². The molecule has 0 spiro atoms. The van der Waals surface area contributed by atoms with Crippen LogP contribution in [0.25, 0.3) is 0 Å². The molecule has 1 fully saturated rings. The van der Waals surface area contributed by atoms with Crippen molar-refractivity contribution in [3.05, 3.63) is 35.4 Å². The van der Waals surface area contributed by atoms with Crippen LogP contribution in [0.15, 0.2) is 24.3 Å². The molecule has 4 N–H and O–H groups in total. The normalized spacial score (nSPS) is 16.6. The van der Waals surface area contributed by atoms with Gasteiger partial charge in [-0.05, 0) is 30.9 Å². The standard InChI is InChI=1S/C17H25N3O3/c1-13-4-2-3-5-14(13)17(6-8-23-9-7-17)12-20-16(22)11-19-15(21)10-18/h2-5H,6-12,18H2,1H3,(H,19,21)(H,20,22). The molecule has 1 saturated heterocycles. The highest BCUT2D eigenvalue weighted by atomic mass is 16.5. The minimum Gasteiger partial charge on any atom is -0.381 e. The van der Waals surface area contributed by atoms with Gasteiger partial charge in [0.1, 0.15) is 0 Å². The Bertz CT molecular complexity index is 554. The molecule has 126 valence electrons. The lowest BCUT2D eigenvalue weighted by atomic mass is 9.72. The number of aryl methyl sites for hydroxylation is 1. The molecule has 0 unspecified atom stereocenters. The third kappa shape index (κ3) is 4.53. The van der Waals surface area contributed by atoms with Crippen molar-refractivity contribution >= 4 is 11.8 Å². The summed E-state index contributed by atoms with van der Waals surface area (Å²) in [6.45, 7) is 3.85. The quantitative estimate of drug-likeness (QED) is 0.700. The van der Waals surface area contributed by atoms with Gasteiger partial charge in [0.2, 0.25) is 11.8 Å². The van der Waals surface area contributed by atoms with Gasteiger partial charge in [-0.1, -0.05) is 24.3 Å². The number of nitrogens with one attached hydrogen (secondary N) is 2. The number of carbonyl (C=O) groups excluding carboxylic acids is 2. The lowest BCUT2D eigenvalue weighted by Crippen LogP contribution is -2.47. The third-order valence-electron chi connectivity index (χ3n) is 4.42. The summed E-state index contributed by atoms with van der Waals surface area (Å²) in [5.41, 5.74) is 7.57. The largest absolute Gasteiger partial charge is 0.381 e. The van der Waals surface area contributed by atoms with E-state index >= 15 is 0 Å². The molecule has 0 atom stereocenters. The predicted octanol–water partition coefficient (Wildman–Crippen LogP) is 0.234. The maximum Gasteiger partial charge on any atom is 0.239 e. The van der Waals surface area contributed by atoms with Gasteiger partial charge in [-0.2, -0.15) is 0 Å². The number of ether oxygens (including phenoxy) is 1. The summed E-state index contributed by atoms with van der Waals surface area (Å²) in [6, 6.07) is 8.27. The van der Waals surface area contributed by atoms with E-state index < -0.39 is 0 Å². The summed E-state index contributed by atoms with van der Waals surface area (Å²) in [7, 11) is 0. The van der Waals surface area contributed by atoms with Crippen molar-refractivity contribution in [3.63, 3.8) is 0 Å². The molecule has 2 amide bonds. The summed E-state index contributed by atoms with van der Waals surface area (Å²) in [5.74, 6) is -0.536. The molecule has 1 heterocycles. The minimum atomic E-state index is -0.333. The Morgan fingerprint density at radius 3 is 2.52 bits per heavy atom. The number of rotatable bonds is 6. The third-order valence-corrected chi connectivity index (χ3v) is 4.42. The van der Waals surface area contributed by atoms with Crippen LogP contribution < -0.4 is 16.4 Å². The second-order valence-corrected chi connectivity index (χ2v) is 5.97. The van der Waals surface area contributed by atoms with Gasteiger partial charge in [-0.3, -0.25) is 9.59 Å². The van der Waals surface area contributed by atoms with Gasteiger partial charge in [0.25, 0.3) is 0 Å². The zero-order chi connectivity index (χ0) is 16.7. The number of benzene rings is 1. The van der Waals surface area contributed by atoms with E-state index in [1.54, 1.807) is 0 Å². The fraction of sp³-hybridized carbons (Fsp3) is 0.529. The molecule has 2 rings (SSSR count). The van der Waals surface area contributed by atoms with Crippen molar-refractivity contribution in [2.24, 2.45) is 5.73 Å². The first-order valence-electron chi connectivity index (χ1n) is 7.95. The number of carbonyl (C=O) groups is 2. The van der Waals surface area contributed by atoms with E-state index in [-0.39, 0.29) is 30.3 Å². The Labute approximate surface area is 136 Å². The van der Waals surface area contributed by atoms with Crippen LogP contribution in [0.5, 0.6) is 0 Å². The highest BCUT2D eigenvalue weighted by Gasteiger charge is 2.35. The molecular formula is C17H25N3O3. The van der Waals surface area contributed by atoms with E-state index in [2.05, 4.69) is 29.7 Å². The maximum atomic E-state index is 12.0. The number of hydrogen-bond acceptors (Lipinski definition) is 4. The van der Waals surface area contributed by atoms with Crippen molar-refractivity contribution < 1.29 is 14.3 Å². The number of amides is 2. The topological polar surface area (TPSA) is 93.5 Å². The highest BCUT2D eigenvalue weighted by Crippen LogP contribution is 2.36. The summed E-state index contributed by atoms with van der Waals surface area (Å²) < 4.78 is 5.50. The van der Waals surface area contributed by atoms with E-state index in [9.17, 15) is 9.59 Å². The molecular weight excluding hydrogens is 294 g/mol. The Kier molecular flexibility index (Phi) is 6.12. The predicted molar refractivity (Wildman–Crippen MR) is 88.0 cm³/mol. The molecule has 0 aromatic heterocycles. The van der Waals surface area contributed by atoms with Gasteiger partial charge >= 0.3 is 0 Å². The van der Waals surface area contributed by atoms with Crippen LogP contribution in [-0.2, 0) is 19.7 Å². The lowest BCUT2D eigenvalue weighted by molar-refractivity contribution is -0.125. The van der Waals surface area contributed by atoms with Crippen molar-refractivity contribution in [2.75, 3.05) is 32.8 Å². The molecule has 0 aliphatic carbocycles. The first kappa shape index (κ1) is 17.4. The summed E-state index contributed by atoms with van der Waals surface area (Å²) in [4.78, 5) is 23.1. The smallest absolute Gasteiger partial charge is 0.239 e. The van der Waals surface area contributed by atoms with Crippen LogP contribution in [0, 0.1) is 6.92 Å². The van der Waals surface area contributed by atoms with Gasteiger partial charge in [0.05, 0.1) is 13.1 Å². The van der Waals surface area contributed by atoms with E-state index in [0.717, 1.165) is 12.8 Å². The fourth-order valence-electron chi connectivity index (χ4n) is 3.05. The van der Waals surface area contributed by atoms with Gasteiger partial charge < -0.3 is 21.1 Å². The Morgan fingerprint density at radius 2 is 1.87 bits per heavy atom. The Balaban J connectivity index is 2.04. The van der Waals surface area contributed by atoms with Gasteiger partial charge in [0, 0.05) is 25.2 Å². The maximum absolute atomic E-state index is 12.0. The second kappa shape index (κ2) is 8.08. The second-order valence-electron chi connectivity index (χ2n) is 5.97. The average molecular weight is 319 g/mol. The SMILES string of the molecule is Cc1ccccc1C1(CNC(=O)CNC(=O)CN)CCOCC1. The van der Waals surface area contributed by atoms with Crippen LogP contribution >= 0.6 is 0 Å². The molecule has 23 heavy (non-hydrogen) atoms. The van der Waals surface area contributed by atoms with E-state index in [1.165, 1.54) is 11.1 Å². The minimum absolute atomic E-state index is 0.0453. The zero-order valence-electron chi connectivity index (χ0n) is 13.6. The van der Waals surface area contributed by atoms with Crippen LogP contribution in [0.4, 0.5) is 0 Å². The van der Waals surface area contributed by atoms with Crippen molar-refractivity contribution in [2.45, 2.75) is 25.2 Å². The molecule has 1 aromatic rings. The summed E-state index contributed by atoms with van der Waals surface area (Å²) in [5, 5.41) is 5.43. The molecule has 0 radical (unpaired) electrons. The number of nitrogens with two attached hydrogens (primary N) is 1. The first-order chi connectivity index (χ1) is 11.1. The Hall–Kier alpha value is -1.92. The molecule has 1 aliphatic heterocycles. The molecule has 0 saturated carbocycles. The summed E-state index contributed by atoms with van der Waals surface area (Å²) in [6.07, 6.45) is 1.74. The van der Waals surface area contributed by atoms with Crippen LogP contribution in [0.1, 0.15) is 24.0 Å². The highest BCUT2D eigenvalue weighted by molar-refractivity contribution is 5.85. The van der Waals surface area contributed by atoms with Crippen molar-refractivity contribution in [1.82, 2.24) is 10.6 Å². The van der Waals surface area contributed by atoms with E-state index in [0.29, 0.717) is 19.8 Å². The fourth-order valence-corrected chi connectivity index (χ4v) is 3.05. The Morgan fingerprint density at radius 1 is 1.17 bits per heavy atom. The monoisotopic (exact) mass is 319 g/mol. The van der Waals surface area contributed by atoms with E-state index in [4.69, 9.17) is 10.5 Å². The lowest BCUT2D eigenvalue weighted by Gasteiger charge is -2.39. The molecule has 1 aliphatic rings. The average Bonchev–Trinajstić information content (AvgIpc) is 2.59. The van der Waals surface area contributed by atoms with Crippen LogP contribution in [0.2, 0.25) is 0 Å². The molecule has 6 nitrogen and oxygen atoms in total. The van der Waals surface area contributed by atoms with Gasteiger partial charge in [-0.25, -0.2) is 0 Å². The number of hydrogen-bond donors (Lipinski definition) is 3. The van der Waals surface area contributed by atoms with Crippen LogP contribution in [-0.4, -0.2) is 44.7 Å². The molecule has 6 heteroatoms. The zero-order valence-corrected chi connectivity index (χ0v) is 13.6.